The molecule has 0 spiro atoms. The molecule has 1 N–H and O–H groups in total. The maximum Gasteiger partial charge on any atom is 0.311 e. The summed E-state index contributed by atoms with van der Waals surface area (Å²) in [7, 11) is 1.23. The van der Waals surface area contributed by atoms with E-state index in [0.29, 0.717) is 4.47 Å². The van der Waals surface area contributed by atoms with Crippen LogP contribution in [0.15, 0.2) is 22.7 Å². The molecule has 1 aromatic carbocycles. The Balaban J connectivity index is 3.16. The molecule has 0 radical (unpaired) electrons. The number of hydrogen-bond donors (Lipinski definition) is 1. The number of esters is 1. The Morgan fingerprint density at radius 3 is 2.65 bits per heavy atom. The van der Waals surface area contributed by atoms with Gasteiger partial charge < -0.3 is 9.84 Å². The average Bonchev–Trinajstić information content (AvgIpc) is 2.26. The molecule has 0 aromatic heterocycles. The van der Waals surface area contributed by atoms with Crippen molar-refractivity contribution >= 4 is 21.9 Å². The van der Waals surface area contributed by atoms with Crippen LogP contribution in [-0.2, 0) is 15.1 Å². The largest absolute Gasteiger partial charge is 0.469 e. The topological polar surface area (TPSA) is 46.5 Å². The number of hydrogen-bond acceptors (Lipinski definition) is 3. The van der Waals surface area contributed by atoms with E-state index >= 15 is 0 Å². The normalized spacial score (nSPS) is 16.1. The van der Waals surface area contributed by atoms with Crippen LogP contribution in [0.25, 0.3) is 0 Å². The van der Waals surface area contributed by atoms with Gasteiger partial charge in [0.2, 0.25) is 0 Å². The fourth-order valence-electron chi connectivity index (χ4n) is 1.54. The highest BCUT2D eigenvalue weighted by atomic mass is 79.9. The van der Waals surface area contributed by atoms with E-state index in [2.05, 4.69) is 20.7 Å². The number of benzene rings is 1. The molecule has 1 rings (SSSR count). The third-order valence-corrected chi connectivity index (χ3v) is 3.37. The lowest BCUT2D eigenvalue weighted by atomic mass is 9.84. The van der Waals surface area contributed by atoms with Gasteiger partial charge in [0.25, 0.3) is 0 Å². The minimum absolute atomic E-state index is 0.0681. The first-order valence-corrected chi connectivity index (χ1v) is 5.85. The third kappa shape index (κ3) is 2.84. The number of carbonyl (C=O) groups excluding carboxylic acids is 1. The summed E-state index contributed by atoms with van der Waals surface area (Å²) in [4.78, 5) is 11.4. The number of rotatable bonds is 3. The highest BCUT2D eigenvalue weighted by Gasteiger charge is 2.38. The van der Waals surface area contributed by atoms with Crippen molar-refractivity contribution in [2.45, 2.75) is 19.4 Å². The molecule has 0 heterocycles. The zero-order chi connectivity index (χ0) is 13.2. The molecule has 0 saturated carbocycles. The molecule has 2 unspecified atom stereocenters. The molecule has 0 bridgehead atoms. The predicted molar refractivity (Wildman–Crippen MR) is 64.9 cm³/mol. The Hall–Kier alpha value is -0.940. The van der Waals surface area contributed by atoms with E-state index in [1.54, 1.807) is 6.07 Å². The molecule has 17 heavy (non-hydrogen) atoms. The summed E-state index contributed by atoms with van der Waals surface area (Å²) in [6.07, 6.45) is 0. The fourth-order valence-corrected chi connectivity index (χ4v) is 1.87. The average molecular weight is 305 g/mol. The molecule has 0 aliphatic heterocycles. The molecule has 1 aromatic rings. The van der Waals surface area contributed by atoms with E-state index in [1.165, 1.54) is 33.1 Å². The molecule has 0 saturated heterocycles. The summed E-state index contributed by atoms with van der Waals surface area (Å²) in [5.41, 5.74) is -1.55. The summed E-state index contributed by atoms with van der Waals surface area (Å²) < 4.78 is 18.9. The van der Waals surface area contributed by atoms with Gasteiger partial charge in [0, 0.05) is 10.0 Å². The Kier molecular flexibility index (Phi) is 4.27. The smallest absolute Gasteiger partial charge is 0.311 e. The van der Waals surface area contributed by atoms with Gasteiger partial charge in [-0.2, -0.15) is 0 Å². The maximum absolute atomic E-state index is 13.7. The van der Waals surface area contributed by atoms with E-state index in [-0.39, 0.29) is 5.56 Å². The quantitative estimate of drug-likeness (QED) is 0.873. The van der Waals surface area contributed by atoms with Crippen LogP contribution in [0, 0.1) is 11.7 Å². The van der Waals surface area contributed by atoms with Crippen LogP contribution < -0.4 is 0 Å². The molecule has 5 heteroatoms. The molecule has 0 aliphatic carbocycles. The monoisotopic (exact) mass is 304 g/mol. The Bertz CT molecular complexity index is 432. The van der Waals surface area contributed by atoms with Crippen molar-refractivity contribution in [1.29, 1.82) is 0 Å². The minimum Gasteiger partial charge on any atom is -0.469 e. The zero-order valence-corrected chi connectivity index (χ0v) is 11.4. The van der Waals surface area contributed by atoms with Crippen molar-refractivity contribution in [3.05, 3.63) is 34.1 Å². The van der Waals surface area contributed by atoms with Gasteiger partial charge >= 0.3 is 5.97 Å². The summed E-state index contributed by atoms with van der Waals surface area (Å²) in [5, 5.41) is 10.3. The molecular formula is C12H14BrFO3. The van der Waals surface area contributed by atoms with Crippen molar-refractivity contribution in [2.75, 3.05) is 7.11 Å². The summed E-state index contributed by atoms with van der Waals surface area (Å²) in [6, 6.07) is 4.30. The third-order valence-electron chi connectivity index (χ3n) is 2.87. The lowest BCUT2D eigenvalue weighted by Gasteiger charge is -2.29. The lowest BCUT2D eigenvalue weighted by Crippen LogP contribution is -2.36. The van der Waals surface area contributed by atoms with E-state index in [0.717, 1.165) is 0 Å². The molecule has 0 amide bonds. The molecule has 2 atom stereocenters. The Labute approximate surface area is 108 Å². The second kappa shape index (κ2) is 5.14. The SMILES string of the molecule is COC(=O)C(C)C(C)(O)c1ccc(Br)cc1F. The molecular weight excluding hydrogens is 291 g/mol. The number of carbonyl (C=O) groups is 1. The van der Waals surface area contributed by atoms with Gasteiger partial charge in [-0.25, -0.2) is 4.39 Å². The van der Waals surface area contributed by atoms with Gasteiger partial charge in [0.15, 0.2) is 0 Å². The fraction of sp³-hybridized carbons (Fsp3) is 0.417. The maximum atomic E-state index is 13.7. The highest BCUT2D eigenvalue weighted by Crippen LogP contribution is 2.32. The molecule has 3 nitrogen and oxygen atoms in total. The van der Waals surface area contributed by atoms with Crippen molar-refractivity contribution < 1.29 is 19.0 Å². The summed E-state index contributed by atoms with van der Waals surface area (Å²) in [6.45, 7) is 2.88. The molecule has 0 aliphatic rings. The second-order valence-electron chi connectivity index (χ2n) is 4.02. The van der Waals surface area contributed by atoms with Gasteiger partial charge in [-0.15, -0.1) is 0 Å². The lowest BCUT2D eigenvalue weighted by molar-refractivity contribution is -0.154. The minimum atomic E-state index is -1.61. The van der Waals surface area contributed by atoms with Crippen LogP contribution in [0.5, 0.6) is 0 Å². The van der Waals surface area contributed by atoms with Crippen LogP contribution in [0.3, 0.4) is 0 Å². The van der Waals surface area contributed by atoms with Crippen molar-refractivity contribution in [1.82, 2.24) is 0 Å². The first-order chi connectivity index (χ1) is 7.80. The van der Waals surface area contributed by atoms with Gasteiger partial charge in [0.1, 0.15) is 11.4 Å². The van der Waals surface area contributed by atoms with E-state index in [4.69, 9.17) is 0 Å². The van der Waals surface area contributed by atoms with Crippen LogP contribution in [0.2, 0.25) is 0 Å². The standard InChI is InChI=1S/C12H14BrFO3/c1-7(11(15)17-3)12(2,16)9-5-4-8(13)6-10(9)14/h4-7,16H,1-3H3. The van der Waals surface area contributed by atoms with Crippen molar-refractivity contribution in [3.8, 4) is 0 Å². The highest BCUT2D eigenvalue weighted by molar-refractivity contribution is 9.10. The van der Waals surface area contributed by atoms with E-state index in [1.807, 2.05) is 0 Å². The van der Waals surface area contributed by atoms with Crippen molar-refractivity contribution in [3.63, 3.8) is 0 Å². The zero-order valence-electron chi connectivity index (χ0n) is 9.83. The number of halogens is 2. The second-order valence-corrected chi connectivity index (χ2v) is 4.93. The van der Waals surface area contributed by atoms with Crippen LogP contribution in [0.4, 0.5) is 4.39 Å². The number of aliphatic hydroxyl groups is 1. The Morgan fingerprint density at radius 1 is 1.59 bits per heavy atom. The Morgan fingerprint density at radius 2 is 2.18 bits per heavy atom. The predicted octanol–water partition coefficient (Wildman–Crippen LogP) is 2.60. The number of methoxy groups -OCH3 is 1. The van der Waals surface area contributed by atoms with Crippen LogP contribution in [0.1, 0.15) is 19.4 Å². The first-order valence-electron chi connectivity index (χ1n) is 5.06. The van der Waals surface area contributed by atoms with E-state index in [9.17, 15) is 14.3 Å². The molecule has 0 fully saturated rings. The molecule has 94 valence electrons. The van der Waals surface area contributed by atoms with Gasteiger partial charge in [0.05, 0.1) is 13.0 Å². The first kappa shape index (κ1) is 14.1. The summed E-state index contributed by atoms with van der Waals surface area (Å²) >= 11 is 3.13. The van der Waals surface area contributed by atoms with Crippen molar-refractivity contribution in [2.24, 2.45) is 5.92 Å². The van der Waals surface area contributed by atoms with Gasteiger partial charge in [-0.1, -0.05) is 22.0 Å². The van der Waals surface area contributed by atoms with Crippen LogP contribution >= 0.6 is 15.9 Å². The van der Waals surface area contributed by atoms with Gasteiger partial charge in [-0.05, 0) is 26.0 Å². The van der Waals surface area contributed by atoms with Crippen LogP contribution in [-0.4, -0.2) is 18.2 Å². The number of ether oxygens (including phenoxy) is 1. The van der Waals surface area contributed by atoms with E-state index < -0.39 is 23.3 Å². The van der Waals surface area contributed by atoms with Gasteiger partial charge in [-0.3, -0.25) is 4.79 Å². The summed E-state index contributed by atoms with van der Waals surface area (Å²) in [5.74, 6) is -2.01.